The van der Waals surface area contributed by atoms with Crippen molar-refractivity contribution in [1.29, 1.82) is 0 Å². The van der Waals surface area contributed by atoms with Crippen LogP contribution in [0.15, 0.2) is 54.6 Å². The summed E-state index contributed by atoms with van der Waals surface area (Å²) in [5, 5.41) is 2.22. The van der Waals surface area contributed by atoms with Crippen LogP contribution in [0.25, 0.3) is 0 Å². The minimum Gasteiger partial charge on any atom is -1.00 e. The van der Waals surface area contributed by atoms with E-state index in [1.54, 1.807) is 12.1 Å². The highest BCUT2D eigenvalue weighted by Crippen LogP contribution is 2.38. The van der Waals surface area contributed by atoms with E-state index in [9.17, 15) is 13.2 Å². The molecular weight excluding hydrogens is 311 g/mol. The summed E-state index contributed by atoms with van der Waals surface area (Å²) in [6.07, 6.45) is -3.11. The van der Waals surface area contributed by atoms with Crippen molar-refractivity contribution in [2.24, 2.45) is 0 Å². The third-order valence-corrected chi connectivity index (χ3v) is 4.01. The van der Waals surface area contributed by atoms with Gasteiger partial charge in [0.2, 0.25) is 0 Å². The number of hydrogen-bond donors (Lipinski definition) is 1. The summed E-state index contributed by atoms with van der Waals surface area (Å²) < 4.78 is 37.4. The number of benzene rings is 2. The molecule has 0 radical (unpaired) electrons. The van der Waals surface area contributed by atoms with E-state index < -0.39 is 11.7 Å². The zero-order chi connectivity index (χ0) is 14.9. The highest BCUT2D eigenvalue weighted by molar-refractivity contribution is 5.26. The van der Waals surface area contributed by atoms with E-state index in [1.165, 1.54) is 5.56 Å². The van der Waals surface area contributed by atoms with E-state index in [-0.39, 0.29) is 12.4 Å². The second kappa shape index (κ2) is 6.71. The molecule has 2 aromatic carbocycles. The van der Waals surface area contributed by atoms with Crippen molar-refractivity contribution in [3.05, 3.63) is 71.3 Å². The van der Waals surface area contributed by atoms with E-state index in [4.69, 9.17) is 0 Å². The van der Waals surface area contributed by atoms with Crippen molar-refractivity contribution in [3.8, 4) is 0 Å². The average Bonchev–Trinajstić information content (AvgIpc) is 3.25. The summed E-state index contributed by atoms with van der Waals surface area (Å²) in [5.74, 6) is 0.584. The number of hydrogen-bond acceptors (Lipinski definition) is 0. The van der Waals surface area contributed by atoms with Crippen LogP contribution < -0.4 is 17.7 Å². The second-order valence-corrected chi connectivity index (χ2v) is 5.55. The lowest BCUT2D eigenvalue weighted by atomic mass is 10.1. The molecule has 1 aliphatic rings. The third-order valence-electron chi connectivity index (χ3n) is 4.01. The van der Waals surface area contributed by atoms with Gasteiger partial charge in [-0.2, -0.15) is 13.2 Å². The maximum absolute atomic E-state index is 12.5. The lowest BCUT2D eigenvalue weighted by Gasteiger charge is -2.07. The van der Waals surface area contributed by atoms with Gasteiger partial charge in [0.25, 0.3) is 0 Å². The fourth-order valence-corrected chi connectivity index (χ4v) is 2.68. The zero-order valence-electron chi connectivity index (χ0n) is 11.9. The lowest BCUT2D eigenvalue weighted by molar-refractivity contribution is -0.684. The van der Waals surface area contributed by atoms with Crippen molar-refractivity contribution in [2.45, 2.75) is 31.1 Å². The van der Waals surface area contributed by atoms with Crippen LogP contribution in [0.4, 0.5) is 13.2 Å². The Balaban J connectivity index is 0.00000176. The zero-order valence-corrected chi connectivity index (χ0v) is 12.6. The van der Waals surface area contributed by atoms with Crippen LogP contribution in [0.3, 0.4) is 0 Å². The molecule has 1 nitrogen and oxygen atoms in total. The first kappa shape index (κ1) is 16.8. The predicted molar refractivity (Wildman–Crippen MR) is 74.7 cm³/mol. The van der Waals surface area contributed by atoms with E-state index in [1.807, 2.05) is 18.2 Å². The molecule has 118 valence electrons. The van der Waals surface area contributed by atoms with Crippen LogP contribution in [0.2, 0.25) is 0 Å². The number of nitrogens with two attached hydrogens (primary N) is 1. The van der Waals surface area contributed by atoms with Crippen molar-refractivity contribution in [3.63, 3.8) is 0 Å². The molecule has 2 atom stereocenters. The maximum Gasteiger partial charge on any atom is 0.416 e. The van der Waals surface area contributed by atoms with Gasteiger partial charge in [-0.25, -0.2) is 0 Å². The first-order chi connectivity index (χ1) is 10.0. The van der Waals surface area contributed by atoms with Gasteiger partial charge in [-0.05, 0) is 17.7 Å². The quantitative estimate of drug-likeness (QED) is 0.833. The molecule has 0 heterocycles. The summed E-state index contributed by atoms with van der Waals surface area (Å²) in [5.41, 5.74) is 1.70. The molecule has 1 unspecified atom stereocenters. The van der Waals surface area contributed by atoms with Crippen LogP contribution >= 0.6 is 0 Å². The van der Waals surface area contributed by atoms with Gasteiger partial charge < -0.3 is 17.7 Å². The fraction of sp³-hybridized carbons (Fsp3) is 0.294. The molecule has 5 heteroatoms. The average molecular weight is 328 g/mol. The molecule has 1 fully saturated rings. The van der Waals surface area contributed by atoms with Crippen molar-refractivity contribution >= 4 is 0 Å². The molecule has 0 aliphatic heterocycles. The number of halogens is 4. The Labute approximate surface area is 134 Å². The predicted octanol–water partition coefficient (Wildman–Crippen LogP) is 0.329. The summed E-state index contributed by atoms with van der Waals surface area (Å²) in [6.45, 7) is 0.728. The first-order valence-electron chi connectivity index (χ1n) is 7.08. The Kier molecular flexibility index (Phi) is 5.14. The Hall–Kier alpha value is -1.52. The van der Waals surface area contributed by atoms with Gasteiger partial charge >= 0.3 is 6.18 Å². The van der Waals surface area contributed by atoms with Gasteiger partial charge in [-0.3, -0.25) is 0 Å². The van der Waals surface area contributed by atoms with E-state index in [0.29, 0.717) is 12.0 Å². The van der Waals surface area contributed by atoms with Gasteiger partial charge in [-0.15, -0.1) is 0 Å². The standard InChI is InChI=1S/C17H16F3N.ClH/c18-17(19,20)14-8-6-12(7-9-14)11-21-16-10-15(16)13-4-2-1-3-5-13;/h1-9,15-16,21H,10-11H2;1H/t15?,16-;/m0./s1. The molecule has 2 N–H and O–H groups in total. The Bertz CT molecular complexity index is 596. The molecule has 1 saturated carbocycles. The molecule has 22 heavy (non-hydrogen) atoms. The molecule has 0 amide bonds. The van der Waals surface area contributed by atoms with Crippen molar-refractivity contribution < 1.29 is 30.9 Å². The fourth-order valence-electron chi connectivity index (χ4n) is 2.68. The van der Waals surface area contributed by atoms with Gasteiger partial charge in [0, 0.05) is 17.9 Å². The van der Waals surface area contributed by atoms with E-state index >= 15 is 0 Å². The molecular formula is C17H17ClF3N. The van der Waals surface area contributed by atoms with Gasteiger partial charge in [0.1, 0.15) is 6.54 Å². The number of quaternary nitrogens is 1. The molecule has 0 bridgehead atoms. The normalized spacial score (nSPS) is 20.3. The van der Waals surface area contributed by atoms with Gasteiger partial charge in [-0.1, -0.05) is 42.5 Å². The first-order valence-corrected chi connectivity index (χ1v) is 7.08. The highest BCUT2D eigenvalue weighted by Gasteiger charge is 2.41. The monoisotopic (exact) mass is 327 g/mol. The smallest absolute Gasteiger partial charge is 0.416 e. The largest absolute Gasteiger partial charge is 1.00 e. The maximum atomic E-state index is 12.5. The topological polar surface area (TPSA) is 16.6 Å². The van der Waals surface area contributed by atoms with E-state index in [0.717, 1.165) is 30.7 Å². The van der Waals surface area contributed by atoms with Crippen LogP contribution in [0.5, 0.6) is 0 Å². The minimum absolute atomic E-state index is 0. The molecule has 1 aliphatic carbocycles. The summed E-state index contributed by atoms with van der Waals surface area (Å²) in [6, 6.07) is 16.4. The summed E-state index contributed by atoms with van der Waals surface area (Å²) >= 11 is 0. The Morgan fingerprint density at radius 1 is 0.955 bits per heavy atom. The van der Waals surface area contributed by atoms with Gasteiger partial charge in [0.15, 0.2) is 0 Å². The van der Waals surface area contributed by atoms with Crippen LogP contribution in [-0.4, -0.2) is 6.04 Å². The molecule has 0 spiro atoms. The summed E-state index contributed by atoms with van der Waals surface area (Å²) in [7, 11) is 0. The van der Waals surface area contributed by atoms with Gasteiger partial charge in [0.05, 0.1) is 11.6 Å². The second-order valence-electron chi connectivity index (χ2n) is 5.55. The lowest BCUT2D eigenvalue weighted by Crippen LogP contribution is -3.00. The minimum atomic E-state index is -4.25. The molecule has 3 rings (SSSR count). The SMILES string of the molecule is FC(F)(F)c1ccc(C[NH2+][C@H]2CC2c2ccccc2)cc1.[Cl-]. The van der Waals surface area contributed by atoms with Crippen LogP contribution in [0, 0.1) is 0 Å². The van der Waals surface area contributed by atoms with Crippen molar-refractivity contribution in [1.82, 2.24) is 0 Å². The van der Waals surface area contributed by atoms with Crippen molar-refractivity contribution in [2.75, 3.05) is 0 Å². The molecule has 0 aromatic heterocycles. The number of alkyl halides is 3. The summed E-state index contributed by atoms with van der Waals surface area (Å²) in [4.78, 5) is 0. The third kappa shape index (κ3) is 4.02. The molecule has 0 saturated heterocycles. The Morgan fingerprint density at radius 3 is 2.18 bits per heavy atom. The molecule has 2 aromatic rings. The van der Waals surface area contributed by atoms with Crippen LogP contribution in [-0.2, 0) is 12.7 Å². The van der Waals surface area contributed by atoms with Crippen LogP contribution in [0.1, 0.15) is 29.0 Å². The highest BCUT2D eigenvalue weighted by atomic mass is 35.5. The number of rotatable bonds is 4. The Morgan fingerprint density at radius 2 is 1.59 bits per heavy atom. The van der Waals surface area contributed by atoms with E-state index in [2.05, 4.69) is 17.4 Å².